The van der Waals surface area contributed by atoms with Crippen LogP contribution in [-0.2, 0) is 21.2 Å². The molecule has 0 aromatic heterocycles. The van der Waals surface area contributed by atoms with E-state index in [0.29, 0.717) is 24.1 Å². The minimum atomic E-state index is -3.61. The smallest absolute Gasteiger partial charge is 0.240 e. The van der Waals surface area contributed by atoms with Crippen molar-refractivity contribution < 1.29 is 13.2 Å². The lowest BCUT2D eigenvalue weighted by Gasteiger charge is -2.11. The maximum Gasteiger partial charge on any atom is 0.240 e. The summed E-state index contributed by atoms with van der Waals surface area (Å²) in [7, 11) is -3.61. The molecule has 7 heteroatoms. The van der Waals surface area contributed by atoms with Crippen molar-refractivity contribution >= 4 is 21.6 Å². The lowest BCUT2D eigenvalue weighted by atomic mass is 10.1. The van der Waals surface area contributed by atoms with Crippen LogP contribution in [0.3, 0.4) is 0 Å². The van der Waals surface area contributed by atoms with E-state index in [1.165, 1.54) is 6.07 Å². The van der Waals surface area contributed by atoms with Gasteiger partial charge in [0.1, 0.15) is 0 Å². The van der Waals surface area contributed by atoms with Crippen LogP contribution in [0, 0.1) is 0 Å². The van der Waals surface area contributed by atoms with Gasteiger partial charge in [-0.25, -0.2) is 13.1 Å². The van der Waals surface area contributed by atoms with Gasteiger partial charge >= 0.3 is 0 Å². The third kappa shape index (κ3) is 4.53. The van der Waals surface area contributed by atoms with Gasteiger partial charge in [0.2, 0.25) is 15.9 Å². The number of primary amides is 1. The SMILES string of the molecule is CCc1ccc(N)cc1S(=O)(=O)NCCCC(N)=O. The Bertz CT molecular complexity index is 555. The second-order valence-electron chi connectivity index (χ2n) is 4.19. The molecule has 6 nitrogen and oxygen atoms in total. The van der Waals surface area contributed by atoms with Gasteiger partial charge in [0.15, 0.2) is 0 Å². The van der Waals surface area contributed by atoms with E-state index in [1.807, 2.05) is 6.92 Å². The number of nitrogens with two attached hydrogens (primary N) is 2. The summed E-state index contributed by atoms with van der Waals surface area (Å²) >= 11 is 0. The number of amides is 1. The first-order valence-corrected chi connectivity index (χ1v) is 7.51. The molecule has 0 aliphatic rings. The van der Waals surface area contributed by atoms with Crippen molar-refractivity contribution in [1.29, 1.82) is 0 Å². The molecule has 0 bridgehead atoms. The van der Waals surface area contributed by atoms with Crippen molar-refractivity contribution in [3.8, 4) is 0 Å². The third-order valence-electron chi connectivity index (χ3n) is 2.65. The standard InChI is InChI=1S/C12H19N3O3S/c1-2-9-5-6-10(13)8-11(9)19(17,18)15-7-3-4-12(14)16/h5-6,8,15H,2-4,7,13H2,1H3,(H2,14,16). The zero-order chi connectivity index (χ0) is 14.5. The number of anilines is 1. The molecule has 0 spiro atoms. The van der Waals surface area contributed by atoms with E-state index in [1.54, 1.807) is 12.1 Å². The van der Waals surface area contributed by atoms with Crippen LogP contribution in [0.1, 0.15) is 25.3 Å². The molecule has 0 saturated heterocycles. The van der Waals surface area contributed by atoms with Gasteiger partial charge in [0, 0.05) is 18.7 Å². The number of sulfonamides is 1. The molecule has 0 fully saturated rings. The van der Waals surface area contributed by atoms with Gasteiger partial charge in [0.05, 0.1) is 4.90 Å². The highest BCUT2D eigenvalue weighted by molar-refractivity contribution is 7.89. The lowest BCUT2D eigenvalue weighted by molar-refractivity contribution is -0.118. The Morgan fingerprint density at radius 1 is 1.37 bits per heavy atom. The number of carbonyl (C=O) groups is 1. The van der Waals surface area contributed by atoms with Gasteiger partial charge in [-0.1, -0.05) is 13.0 Å². The third-order valence-corrected chi connectivity index (χ3v) is 4.20. The fraction of sp³-hybridized carbons (Fsp3) is 0.417. The average Bonchev–Trinajstić information content (AvgIpc) is 2.34. The Labute approximate surface area is 113 Å². The predicted octanol–water partition coefficient (Wildman–Crippen LogP) is 0.375. The van der Waals surface area contributed by atoms with Crippen molar-refractivity contribution in [3.63, 3.8) is 0 Å². The molecule has 0 radical (unpaired) electrons. The van der Waals surface area contributed by atoms with Crippen molar-refractivity contribution in [2.24, 2.45) is 5.73 Å². The number of benzene rings is 1. The van der Waals surface area contributed by atoms with E-state index in [2.05, 4.69) is 4.72 Å². The lowest BCUT2D eigenvalue weighted by Crippen LogP contribution is -2.26. The zero-order valence-electron chi connectivity index (χ0n) is 10.8. The van der Waals surface area contributed by atoms with Crippen molar-refractivity contribution in [2.45, 2.75) is 31.1 Å². The first-order chi connectivity index (χ1) is 8.86. The summed E-state index contributed by atoms with van der Waals surface area (Å²) in [4.78, 5) is 10.8. The number of aryl methyl sites for hydroxylation is 1. The molecule has 1 aromatic carbocycles. The first kappa shape index (κ1) is 15.5. The number of rotatable bonds is 7. The summed E-state index contributed by atoms with van der Waals surface area (Å²) in [5.74, 6) is -0.447. The molecule has 1 rings (SSSR count). The van der Waals surface area contributed by atoms with E-state index >= 15 is 0 Å². The fourth-order valence-electron chi connectivity index (χ4n) is 1.66. The second kappa shape index (κ2) is 6.53. The van der Waals surface area contributed by atoms with Crippen LogP contribution in [0.25, 0.3) is 0 Å². The molecular weight excluding hydrogens is 266 g/mol. The zero-order valence-corrected chi connectivity index (χ0v) is 11.7. The molecule has 0 aliphatic heterocycles. The molecule has 106 valence electrons. The number of hydrogen-bond donors (Lipinski definition) is 3. The Kier molecular flexibility index (Phi) is 5.31. The molecule has 0 saturated carbocycles. The summed E-state index contributed by atoms with van der Waals surface area (Å²) in [5.41, 5.74) is 11.7. The Morgan fingerprint density at radius 3 is 2.63 bits per heavy atom. The van der Waals surface area contributed by atoms with Crippen molar-refractivity contribution in [2.75, 3.05) is 12.3 Å². The minimum Gasteiger partial charge on any atom is -0.399 e. The van der Waals surface area contributed by atoms with Crippen LogP contribution < -0.4 is 16.2 Å². The van der Waals surface area contributed by atoms with E-state index in [4.69, 9.17) is 11.5 Å². The van der Waals surface area contributed by atoms with Crippen LogP contribution in [0.5, 0.6) is 0 Å². The molecule has 19 heavy (non-hydrogen) atoms. The number of nitrogens with one attached hydrogen (secondary N) is 1. The maximum atomic E-state index is 12.1. The van der Waals surface area contributed by atoms with Gasteiger partial charge in [0.25, 0.3) is 0 Å². The average molecular weight is 285 g/mol. The Morgan fingerprint density at radius 2 is 2.05 bits per heavy atom. The Balaban J connectivity index is 2.82. The minimum absolute atomic E-state index is 0.153. The van der Waals surface area contributed by atoms with Gasteiger partial charge in [-0.15, -0.1) is 0 Å². The van der Waals surface area contributed by atoms with E-state index in [0.717, 1.165) is 0 Å². The second-order valence-corrected chi connectivity index (χ2v) is 5.92. The van der Waals surface area contributed by atoms with Crippen molar-refractivity contribution in [1.82, 2.24) is 4.72 Å². The molecule has 1 aromatic rings. The molecule has 5 N–H and O–H groups in total. The summed E-state index contributed by atoms with van der Waals surface area (Å²) in [6, 6.07) is 4.81. The van der Waals surface area contributed by atoms with E-state index in [9.17, 15) is 13.2 Å². The van der Waals surface area contributed by atoms with Crippen LogP contribution in [-0.4, -0.2) is 20.9 Å². The van der Waals surface area contributed by atoms with Crippen molar-refractivity contribution in [3.05, 3.63) is 23.8 Å². The van der Waals surface area contributed by atoms with Crippen LogP contribution in [0.15, 0.2) is 23.1 Å². The highest BCUT2D eigenvalue weighted by atomic mass is 32.2. The highest BCUT2D eigenvalue weighted by Gasteiger charge is 2.17. The molecular formula is C12H19N3O3S. The van der Waals surface area contributed by atoms with Gasteiger partial charge < -0.3 is 11.5 Å². The quantitative estimate of drug-likeness (QED) is 0.496. The summed E-state index contributed by atoms with van der Waals surface area (Å²) < 4.78 is 26.7. The molecule has 0 atom stereocenters. The summed E-state index contributed by atoms with van der Waals surface area (Å²) in [5, 5.41) is 0. The number of hydrogen-bond acceptors (Lipinski definition) is 4. The molecule has 0 aliphatic carbocycles. The van der Waals surface area contributed by atoms with Crippen LogP contribution >= 0.6 is 0 Å². The molecule has 1 amide bonds. The number of carbonyl (C=O) groups excluding carboxylic acids is 1. The van der Waals surface area contributed by atoms with E-state index in [-0.39, 0.29) is 17.9 Å². The predicted molar refractivity (Wildman–Crippen MR) is 73.8 cm³/mol. The summed E-state index contributed by atoms with van der Waals surface area (Å²) in [6.45, 7) is 2.04. The van der Waals surface area contributed by atoms with Gasteiger partial charge in [-0.3, -0.25) is 4.79 Å². The maximum absolute atomic E-state index is 12.1. The highest BCUT2D eigenvalue weighted by Crippen LogP contribution is 2.19. The molecule has 0 unspecified atom stereocenters. The monoisotopic (exact) mass is 285 g/mol. The Hall–Kier alpha value is -1.60. The largest absolute Gasteiger partial charge is 0.399 e. The van der Waals surface area contributed by atoms with Crippen LogP contribution in [0.2, 0.25) is 0 Å². The van der Waals surface area contributed by atoms with Crippen LogP contribution in [0.4, 0.5) is 5.69 Å². The van der Waals surface area contributed by atoms with E-state index < -0.39 is 15.9 Å². The molecule has 0 heterocycles. The fourth-order valence-corrected chi connectivity index (χ4v) is 3.08. The first-order valence-electron chi connectivity index (χ1n) is 6.03. The topological polar surface area (TPSA) is 115 Å². The van der Waals surface area contributed by atoms with Gasteiger partial charge in [-0.2, -0.15) is 0 Å². The normalized spacial score (nSPS) is 11.4. The summed E-state index contributed by atoms with van der Waals surface area (Å²) in [6.07, 6.45) is 1.12. The number of nitrogen functional groups attached to an aromatic ring is 1. The van der Waals surface area contributed by atoms with Gasteiger partial charge in [-0.05, 0) is 30.5 Å².